The monoisotopic (exact) mass is 490 g/mol. The minimum absolute atomic E-state index is 0.0735. The van der Waals surface area contributed by atoms with E-state index in [9.17, 15) is 13.2 Å². The van der Waals surface area contributed by atoms with Gasteiger partial charge in [-0.05, 0) is 49.4 Å². The van der Waals surface area contributed by atoms with Gasteiger partial charge in [-0.3, -0.25) is 4.79 Å². The summed E-state index contributed by atoms with van der Waals surface area (Å²) in [5, 5.41) is 3.05. The molecule has 174 valence electrons. The molecule has 0 unspecified atom stereocenters. The molecule has 0 spiro atoms. The van der Waals surface area contributed by atoms with Crippen molar-refractivity contribution >= 4 is 33.2 Å². The van der Waals surface area contributed by atoms with Gasteiger partial charge in [-0.25, -0.2) is 8.42 Å². The minimum atomic E-state index is -4.02. The molecule has 0 saturated heterocycles. The van der Waals surface area contributed by atoms with E-state index in [1.165, 1.54) is 45.4 Å². The first kappa shape index (κ1) is 24.4. The molecule has 1 amide bonds. The third kappa shape index (κ3) is 6.16. The van der Waals surface area contributed by atoms with Crippen LogP contribution in [0.15, 0.2) is 71.6 Å². The van der Waals surface area contributed by atoms with Crippen molar-refractivity contribution in [2.45, 2.75) is 17.9 Å². The average molecular weight is 491 g/mol. The largest absolute Gasteiger partial charge is 0.493 e. The number of hydrogen-bond acceptors (Lipinski definition) is 6. The molecule has 10 heteroatoms. The summed E-state index contributed by atoms with van der Waals surface area (Å²) in [6, 6.07) is 16.8. The third-order valence-electron chi connectivity index (χ3n) is 4.56. The Balaban J connectivity index is 1.76. The highest BCUT2D eigenvalue weighted by Gasteiger charge is 2.24. The fraction of sp³-hybridized carbons (Fsp3) is 0.174. The lowest BCUT2D eigenvalue weighted by molar-refractivity contribution is -0.117. The lowest BCUT2D eigenvalue weighted by atomic mass is 10.2. The lowest BCUT2D eigenvalue weighted by Crippen LogP contribution is -2.41. The number of anilines is 1. The summed E-state index contributed by atoms with van der Waals surface area (Å²) in [4.78, 5) is 12.7. The summed E-state index contributed by atoms with van der Waals surface area (Å²) < 4.78 is 44.1. The number of carbonyl (C=O) groups excluding carboxylic acids is 1. The molecule has 2 N–H and O–H groups in total. The number of methoxy groups -OCH3 is 2. The molecular formula is C23H23ClN2O6S. The zero-order valence-corrected chi connectivity index (χ0v) is 19.7. The number of ether oxygens (including phenoxy) is 3. The molecule has 0 bridgehead atoms. The van der Waals surface area contributed by atoms with E-state index >= 15 is 0 Å². The van der Waals surface area contributed by atoms with Gasteiger partial charge in [0.05, 0.1) is 30.8 Å². The number of halogens is 1. The fourth-order valence-corrected chi connectivity index (χ4v) is 4.27. The Hall–Kier alpha value is -3.27. The topological polar surface area (TPSA) is 103 Å². The average Bonchev–Trinajstić information content (AvgIpc) is 2.80. The van der Waals surface area contributed by atoms with Crippen LogP contribution < -0.4 is 24.2 Å². The summed E-state index contributed by atoms with van der Waals surface area (Å²) >= 11 is 6.08. The summed E-state index contributed by atoms with van der Waals surface area (Å²) in [5.41, 5.74) is 0.300. The van der Waals surface area contributed by atoms with Crippen molar-refractivity contribution in [3.63, 3.8) is 0 Å². The van der Waals surface area contributed by atoms with Gasteiger partial charge in [0.25, 0.3) is 0 Å². The molecule has 0 aliphatic heterocycles. The highest BCUT2D eigenvalue weighted by atomic mass is 35.5. The zero-order chi connectivity index (χ0) is 24.0. The van der Waals surface area contributed by atoms with E-state index in [4.69, 9.17) is 25.8 Å². The molecule has 33 heavy (non-hydrogen) atoms. The van der Waals surface area contributed by atoms with Crippen LogP contribution in [0.1, 0.15) is 6.92 Å². The summed E-state index contributed by atoms with van der Waals surface area (Å²) in [7, 11) is -1.18. The number of sulfonamides is 1. The Kier molecular flexibility index (Phi) is 7.80. The van der Waals surface area contributed by atoms with Crippen LogP contribution in [0.25, 0.3) is 0 Å². The molecule has 0 fully saturated rings. The molecule has 0 aliphatic rings. The van der Waals surface area contributed by atoms with E-state index in [-0.39, 0.29) is 10.6 Å². The van der Waals surface area contributed by atoms with Crippen LogP contribution in [0.4, 0.5) is 5.69 Å². The molecular weight excluding hydrogens is 468 g/mol. The van der Waals surface area contributed by atoms with Gasteiger partial charge in [-0.15, -0.1) is 0 Å². The van der Waals surface area contributed by atoms with Gasteiger partial charge in [0.15, 0.2) is 17.2 Å². The third-order valence-corrected chi connectivity index (χ3v) is 6.33. The molecule has 0 aliphatic carbocycles. The van der Waals surface area contributed by atoms with Crippen molar-refractivity contribution in [1.29, 1.82) is 0 Å². The number of carbonyl (C=O) groups is 1. The standard InChI is InChI=1S/C23H23ClN2O6S/c1-15(26-33(28,29)18-10-12-21(30-2)22(14-18)31-3)23(27)25-19-13-16(24)9-11-20(19)32-17-7-5-4-6-8-17/h4-15,26H,1-3H3,(H,25,27)/t15-/m0/s1. The Bertz CT molecular complexity index is 1230. The van der Waals surface area contributed by atoms with E-state index in [2.05, 4.69) is 10.0 Å². The SMILES string of the molecule is COc1ccc(S(=O)(=O)N[C@@H](C)C(=O)Nc2cc(Cl)ccc2Oc2ccccc2)cc1OC. The molecule has 3 rings (SSSR count). The van der Waals surface area contributed by atoms with Gasteiger partial charge in [0.2, 0.25) is 15.9 Å². The van der Waals surface area contributed by atoms with Crippen LogP contribution in [0.2, 0.25) is 5.02 Å². The Labute approximate surface area is 197 Å². The Morgan fingerprint density at radius 2 is 1.58 bits per heavy atom. The Morgan fingerprint density at radius 1 is 0.909 bits per heavy atom. The molecule has 3 aromatic carbocycles. The summed E-state index contributed by atoms with van der Waals surface area (Å²) in [6.45, 7) is 1.43. The molecule has 8 nitrogen and oxygen atoms in total. The van der Waals surface area contributed by atoms with E-state index in [0.29, 0.717) is 28.0 Å². The van der Waals surface area contributed by atoms with Crippen molar-refractivity contribution in [3.8, 4) is 23.0 Å². The van der Waals surface area contributed by atoms with Crippen LogP contribution in [-0.2, 0) is 14.8 Å². The highest BCUT2D eigenvalue weighted by Crippen LogP contribution is 2.32. The number of benzene rings is 3. The molecule has 0 saturated carbocycles. The second-order valence-electron chi connectivity index (χ2n) is 6.90. The van der Waals surface area contributed by atoms with Gasteiger partial charge >= 0.3 is 0 Å². The predicted octanol–water partition coefficient (Wildman–Crippen LogP) is 4.46. The van der Waals surface area contributed by atoms with Crippen LogP contribution in [0.3, 0.4) is 0 Å². The minimum Gasteiger partial charge on any atom is -0.493 e. The number of amides is 1. The molecule has 1 atom stereocenters. The smallest absolute Gasteiger partial charge is 0.242 e. The summed E-state index contributed by atoms with van der Waals surface area (Å²) in [6.07, 6.45) is 0. The van der Waals surface area contributed by atoms with Crippen molar-refractivity contribution in [2.75, 3.05) is 19.5 Å². The quantitative estimate of drug-likeness (QED) is 0.459. The lowest BCUT2D eigenvalue weighted by Gasteiger charge is -2.17. The maximum Gasteiger partial charge on any atom is 0.242 e. The first-order valence-electron chi connectivity index (χ1n) is 9.81. The predicted molar refractivity (Wildman–Crippen MR) is 126 cm³/mol. The van der Waals surface area contributed by atoms with Crippen LogP contribution >= 0.6 is 11.6 Å². The fourth-order valence-electron chi connectivity index (χ4n) is 2.88. The zero-order valence-electron chi connectivity index (χ0n) is 18.2. The first-order valence-corrected chi connectivity index (χ1v) is 11.7. The van der Waals surface area contributed by atoms with E-state index < -0.39 is 22.0 Å². The second kappa shape index (κ2) is 10.6. The van der Waals surface area contributed by atoms with E-state index in [1.54, 1.807) is 24.3 Å². The first-order chi connectivity index (χ1) is 15.7. The molecule has 0 radical (unpaired) electrons. The number of rotatable bonds is 9. The van der Waals surface area contributed by atoms with Gasteiger partial charge in [-0.2, -0.15) is 4.72 Å². The maximum atomic E-state index is 12.8. The van der Waals surface area contributed by atoms with Gasteiger partial charge in [-0.1, -0.05) is 29.8 Å². The molecule has 0 heterocycles. The molecule has 3 aromatic rings. The summed E-state index contributed by atoms with van der Waals surface area (Å²) in [5.74, 6) is 0.957. The van der Waals surface area contributed by atoms with Gasteiger partial charge < -0.3 is 19.5 Å². The number of nitrogens with one attached hydrogen (secondary N) is 2. The molecule has 0 aromatic heterocycles. The number of hydrogen-bond donors (Lipinski definition) is 2. The van der Waals surface area contributed by atoms with Crippen LogP contribution in [0.5, 0.6) is 23.0 Å². The highest BCUT2D eigenvalue weighted by molar-refractivity contribution is 7.89. The van der Waals surface area contributed by atoms with Gasteiger partial charge in [0.1, 0.15) is 5.75 Å². The van der Waals surface area contributed by atoms with Gasteiger partial charge in [0, 0.05) is 11.1 Å². The van der Waals surface area contributed by atoms with Crippen molar-refractivity contribution in [1.82, 2.24) is 4.72 Å². The van der Waals surface area contributed by atoms with Crippen LogP contribution in [-0.4, -0.2) is 34.6 Å². The van der Waals surface area contributed by atoms with E-state index in [0.717, 1.165) is 0 Å². The van der Waals surface area contributed by atoms with Crippen molar-refractivity contribution < 1.29 is 27.4 Å². The van der Waals surface area contributed by atoms with Crippen LogP contribution in [0, 0.1) is 0 Å². The number of para-hydroxylation sites is 1. The van der Waals surface area contributed by atoms with Crippen molar-refractivity contribution in [3.05, 3.63) is 71.8 Å². The van der Waals surface area contributed by atoms with Crippen molar-refractivity contribution in [2.24, 2.45) is 0 Å². The Morgan fingerprint density at radius 3 is 2.24 bits per heavy atom. The second-order valence-corrected chi connectivity index (χ2v) is 9.06. The van der Waals surface area contributed by atoms with E-state index in [1.807, 2.05) is 18.2 Å². The maximum absolute atomic E-state index is 12.8. The normalized spacial score (nSPS) is 12.0.